The Morgan fingerprint density at radius 3 is 2.65 bits per heavy atom. The monoisotopic (exact) mass is 307 g/mol. The smallest absolute Gasteiger partial charge is 0.262 e. The van der Waals surface area contributed by atoms with E-state index in [2.05, 4.69) is 25.1 Å². The van der Waals surface area contributed by atoms with Crippen molar-refractivity contribution in [2.45, 2.75) is 26.2 Å². The van der Waals surface area contributed by atoms with Crippen LogP contribution >= 0.6 is 0 Å². The predicted octanol–water partition coefficient (Wildman–Crippen LogP) is 4.20. The number of hydrogen-bond acceptors (Lipinski definition) is 2. The van der Waals surface area contributed by atoms with Crippen LogP contribution in [0.5, 0.6) is 5.75 Å². The molecule has 0 heterocycles. The maximum Gasteiger partial charge on any atom is 0.262 e. The van der Waals surface area contributed by atoms with Crippen LogP contribution in [-0.4, -0.2) is 12.5 Å². The molecule has 3 heteroatoms. The van der Waals surface area contributed by atoms with Crippen LogP contribution in [0.2, 0.25) is 0 Å². The SMILES string of the molecule is C#Cc1cccc(NC(=O)COc2ccc([C@H](C)CC)cc2)c1. The number of anilines is 1. The van der Waals surface area contributed by atoms with Gasteiger partial charge in [-0.05, 0) is 48.2 Å². The van der Waals surface area contributed by atoms with E-state index in [0.29, 0.717) is 17.4 Å². The van der Waals surface area contributed by atoms with Crippen molar-refractivity contribution in [3.05, 3.63) is 59.7 Å². The zero-order valence-electron chi connectivity index (χ0n) is 13.5. The maximum absolute atomic E-state index is 11.9. The zero-order valence-corrected chi connectivity index (χ0v) is 13.5. The molecule has 23 heavy (non-hydrogen) atoms. The molecule has 118 valence electrons. The third-order valence-electron chi connectivity index (χ3n) is 3.74. The number of carbonyl (C=O) groups is 1. The molecule has 1 amide bonds. The number of terminal acetylenes is 1. The van der Waals surface area contributed by atoms with Gasteiger partial charge in [-0.15, -0.1) is 6.42 Å². The molecule has 0 saturated carbocycles. The highest BCUT2D eigenvalue weighted by Gasteiger charge is 2.06. The number of amides is 1. The molecule has 0 unspecified atom stereocenters. The van der Waals surface area contributed by atoms with Crippen molar-refractivity contribution in [1.82, 2.24) is 0 Å². The molecule has 0 bridgehead atoms. The molecule has 0 saturated heterocycles. The number of nitrogens with one attached hydrogen (secondary N) is 1. The van der Waals surface area contributed by atoms with Crippen molar-refractivity contribution in [1.29, 1.82) is 0 Å². The fourth-order valence-electron chi connectivity index (χ4n) is 2.16. The summed E-state index contributed by atoms with van der Waals surface area (Å²) in [6.45, 7) is 4.31. The van der Waals surface area contributed by atoms with Crippen LogP contribution in [0.15, 0.2) is 48.5 Å². The van der Waals surface area contributed by atoms with E-state index in [0.717, 1.165) is 12.0 Å². The summed E-state index contributed by atoms with van der Waals surface area (Å²) in [4.78, 5) is 11.9. The van der Waals surface area contributed by atoms with Gasteiger partial charge in [0, 0.05) is 11.3 Å². The summed E-state index contributed by atoms with van der Waals surface area (Å²) in [7, 11) is 0. The van der Waals surface area contributed by atoms with E-state index in [1.807, 2.05) is 30.3 Å². The van der Waals surface area contributed by atoms with Crippen LogP contribution in [0, 0.1) is 12.3 Å². The highest BCUT2D eigenvalue weighted by Crippen LogP contribution is 2.21. The lowest BCUT2D eigenvalue weighted by molar-refractivity contribution is -0.118. The van der Waals surface area contributed by atoms with Crippen molar-refractivity contribution < 1.29 is 9.53 Å². The third kappa shape index (κ3) is 4.89. The Morgan fingerprint density at radius 1 is 1.26 bits per heavy atom. The molecule has 0 spiro atoms. The van der Waals surface area contributed by atoms with Gasteiger partial charge in [0.25, 0.3) is 5.91 Å². The van der Waals surface area contributed by atoms with E-state index in [-0.39, 0.29) is 12.5 Å². The van der Waals surface area contributed by atoms with E-state index < -0.39 is 0 Å². The normalized spacial score (nSPS) is 11.3. The van der Waals surface area contributed by atoms with Crippen molar-refractivity contribution in [2.75, 3.05) is 11.9 Å². The Morgan fingerprint density at radius 2 is 2.00 bits per heavy atom. The van der Waals surface area contributed by atoms with E-state index in [4.69, 9.17) is 11.2 Å². The first-order chi connectivity index (χ1) is 11.1. The molecule has 1 atom stereocenters. The van der Waals surface area contributed by atoms with Crippen LogP contribution < -0.4 is 10.1 Å². The van der Waals surface area contributed by atoms with Crippen LogP contribution in [0.1, 0.15) is 37.3 Å². The first kappa shape index (κ1) is 16.6. The molecule has 0 aliphatic heterocycles. The highest BCUT2D eigenvalue weighted by atomic mass is 16.5. The molecule has 2 aromatic rings. The van der Waals surface area contributed by atoms with Crippen LogP contribution in [0.25, 0.3) is 0 Å². The van der Waals surface area contributed by atoms with Crippen LogP contribution in [-0.2, 0) is 4.79 Å². The number of hydrogen-bond donors (Lipinski definition) is 1. The molecule has 3 nitrogen and oxygen atoms in total. The van der Waals surface area contributed by atoms with Gasteiger partial charge in [0.1, 0.15) is 5.75 Å². The Balaban J connectivity index is 1.88. The standard InChI is InChI=1S/C20H21NO2/c1-4-15(3)17-9-11-19(12-10-17)23-14-20(22)21-18-8-6-7-16(5-2)13-18/h2,6-13,15H,4,14H2,1,3H3,(H,21,22)/t15-/m1/s1. The number of ether oxygens (including phenoxy) is 1. The zero-order chi connectivity index (χ0) is 16.7. The lowest BCUT2D eigenvalue weighted by Gasteiger charge is -2.11. The summed E-state index contributed by atoms with van der Waals surface area (Å²) in [5.41, 5.74) is 2.67. The number of carbonyl (C=O) groups excluding carboxylic acids is 1. The Labute approximate surface area is 137 Å². The maximum atomic E-state index is 11.9. The van der Waals surface area contributed by atoms with Gasteiger partial charge in [0.15, 0.2) is 6.61 Å². The molecule has 2 rings (SSSR count). The molecule has 0 fully saturated rings. The van der Waals surface area contributed by atoms with Crippen LogP contribution in [0.3, 0.4) is 0 Å². The molecule has 0 radical (unpaired) electrons. The quantitative estimate of drug-likeness (QED) is 0.812. The van der Waals surface area contributed by atoms with Gasteiger partial charge in [-0.3, -0.25) is 4.79 Å². The van der Waals surface area contributed by atoms with Crippen molar-refractivity contribution in [3.63, 3.8) is 0 Å². The fourth-order valence-corrected chi connectivity index (χ4v) is 2.16. The molecule has 0 aromatic heterocycles. The molecule has 0 aliphatic rings. The largest absolute Gasteiger partial charge is 0.484 e. The second-order valence-electron chi connectivity index (χ2n) is 5.44. The summed E-state index contributed by atoms with van der Waals surface area (Å²) < 4.78 is 5.51. The summed E-state index contributed by atoms with van der Waals surface area (Å²) in [6.07, 6.45) is 6.44. The van der Waals surface area contributed by atoms with E-state index in [1.165, 1.54) is 5.56 Å². The summed E-state index contributed by atoms with van der Waals surface area (Å²) in [5, 5.41) is 2.77. The van der Waals surface area contributed by atoms with Gasteiger partial charge in [-0.25, -0.2) is 0 Å². The topological polar surface area (TPSA) is 38.3 Å². The molecule has 0 aliphatic carbocycles. The van der Waals surface area contributed by atoms with Gasteiger partial charge < -0.3 is 10.1 Å². The second kappa shape index (κ2) is 8.05. The second-order valence-corrected chi connectivity index (χ2v) is 5.44. The third-order valence-corrected chi connectivity index (χ3v) is 3.74. The first-order valence-electron chi connectivity index (χ1n) is 7.71. The van der Waals surface area contributed by atoms with Crippen molar-refractivity contribution in [3.8, 4) is 18.1 Å². The molecular formula is C20H21NO2. The minimum absolute atomic E-state index is 0.0387. The molecular weight excluding hydrogens is 286 g/mol. The van der Waals surface area contributed by atoms with Crippen LogP contribution in [0.4, 0.5) is 5.69 Å². The minimum Gasteiger partial charge on any atom is -0.484 e. The lowest BCUT2D eigenvalue weighted by Crippen LogP contribution is -2.20. The summed E-state index contributed by atoms with van der Waals surface area (Å²) in [5.74, 6) is 3.53. The van der Waals surface area contributed by atoms with Gasteiger partial charge in [0.2, 0.25) is 0 Å². The van der Waals surface area contributed by atoms with Gasteiger partial charge >= 0.3 is 0 Å². The first-order valence-corrected chi connectivity index (χ1v) is 7.71. The predicted molar refractivity (Wildman–Crippen MR) is 93.6 cm³/mol. The summed E-state index contributed by atoms with van der Waals surface area (Å²) in [6, 6.07) is 15.0. The average Bonchev–Trinajstić information content (AvgIpc) is 2.60. The van der Waals surface area contributed by atoms with Gasteiger partial charge in [0.05, 0.1) is 0 Å². The minimum atomic E-state index is -0.217. The van der Waals surface area contributed by atoms with Gasteiger partial charge in [-0.1, -0.05) is 38.0 Å². The Kier molecular flexibility index (Phi) is 5.82. The van der Waals surface area contributed by atoms with Crippen molar-refractivity contribution in [2.24, 2.45) is 0 Å². The molecule has 1 N–H and O–H groups in total. The molecule has 2 aromatic carbocycles. The van der Waals surface area contributed by atoms with E-state index in [1.54, 1.807) is 18.2 Å². The summed E-state index contributed by atoms with van der Waals surface area (Å²) >= 11 is 0. The number of benzene rings is 2. The van der Waals surface area contributed by atoms with Gasteiger partial charge in [-0.2, -0.15) is 0 Å². The Hall–Kier alpha value is -2.73. The van der Waals surface area contributed by atoms with E-state index in [9.17, 15) is 4.79 Å². The van der Waals surface area contributed by atoms with E-state index >= 15 is 0 Å². The average molecular weight is 307 g/mol. The fraction of sp³-hybridized carbons (Fsp3) is 0.250. The van der Waals surface area contributed by atoms with Crippen molar-refractivity contribution >= 4 is 11.6 Å². The lowest BCUT2D eigenvalue weighted by atomic mass is 9.99. The number of rotatable bonds is 6. The highest BCUT2D eigenvalue weighted by molar-refractivity contribution is 5.92. The Bertz CT molecular complexity index is 698.